The monoisotopic (exact) mass is 440 g/mol. The quantitative estimate of drug-likeness (QED) is 0.158. The first kappa shape index (κ1) is 30.8. The Kier molecular flexibility index (Phi) is 26.0. The third kappa shape index (κ3) is 22.8. The second kappa shape index (κ2) is 26.1. The fraction of sp³-hybridized carbons (Fsp3) is 1.00. The molecule has 0 bridgehead atoms. The molecule has 31 heavy (non-hydrogen) atoms. The number of nitrogens with zero attached hydrogens (tertiary/aromatic N) is 2. The van der Waals surface area contributed by atoms with Crippen molar-refractivity contribution in [3.05, 3.63) is 0 Å². The fourth-order valence-electron chi connectivity index (χ4n) is 4.40. The highest BCUT2D eigenvalue weighted by Gasteiger charge is 2.08. The van der Waals surface area contributed by atoms with E-state index in [1.165, 1.54) is 122 Å². The number of hydrogen-bond acceptors (Lipinski definition) is 4. The third-order valence-corrected chi connectivity index (χ3v) is 6.46. The van der Waals surface area contributed by atoms with E-state index in [2.05, 4.69) is 23.6 Å². The Labute approximate surface area is 196 Å². The van der Waals surface area contributed by atoms with Gasteiger partial charge in [0.25, 0.3) is 0 Å². The number of rotatable bonds is 26. The van der Waals surface area contributed by atoms with Crippen LogP contribution in [0, 0.1) is 0 Å². The van der Waals surface area contributed by atoms with E-state index in [1.807, 2.05) is 0 Å². The van der Waals surface area contributed by atoms with Crippen molar-refractivity contribution in [3.63, 3.8) is 0 Å². The molecule has 0 aromatic carbocycles. The maximum Gasteiger partial charge on any atom is -0.000653 e. The van der Waals surface area contributed by atoms with Crippen molar-refractivity contribution in [2.75, 3.05) is 52.4 Å². The average molecular weight is 441 g/mol. The minimum absolute atomic E-state index is 0.793. The molecule has 0 aliphatic carbocycles. The van der Waals surface area contributed by atoms with Crippen molar-refractivity contribution in [2.45, 2.75) is 123 Å². The lowest BCUT2D eigenvalue weighted by molar-refractivity contribution is 0.218. The van der Waals surface area contributed by atoms with E-state index in [9.17, 15) is 0 Å². The van der Waals surface area contributed by atoms with E-state index in [0.29, 0.717) is 0 Å². The van der Waals surface area contributed by atoms with Gasteiger partial charge >= 0.3 is 0 Å². The molecule has 188 valence electrons. The molecule has 0 aromatic rings. The van der Waals surface area contributed by atoms with E-state index in [0.717, 1.165) is 39.0 Å². The van der Waals surface area contributed by atoms with Gasteiger partial charge in [0.2, 0.25) is 0 Å². The fourth-order valence-corrected chi connectivity index (χ4v) is 4.40. The molecule has 4 nitrogen and oxygen atoms in total. The van der Waals surface area contributed by atoms with Gasteiger partial charge < -0.3 is 21.3 Å². The molecule has 0 fully saturated rings. The highest BCUT2D eigenvalue weighted by atomic mass is 15.1. The van der Waals surface area contributed by atoms with Gasteiger partial charge in [-0.05, 0) is 84.5 Å². The van der Waals surface area contributed by atoms with Crippen LogP contribution in [0.1, 0.15) is 123 Å². The molecule has 0 heterocycles. The van der Waals surface area contributed by atoms with E-state index in [1.54, 1.807) is 0 Å². The first-order chi connectivity index (χ1) is 15.3. The molecular weight excluding hydrogens is 380 g/mol. The van der Waals surface area contributed by atoms with Crippen molar-refractivity contribution in [1.82, 2.24) is 9.80 Å². The van der Waals surface area contributed by atoms with E-state index in [4.69, 9.17) is 11.5 Å². The highest BCUT2D eigenvalue weighted by molar-refractivity contribution is 4.64. The van der Waals surface area contributed by atoms with Crippen LogP contribution in [0.2, 0.25) is 0 Å². The average Bonchev–Trinajstić information content (AvgIpc) is 2.78. The highest BCUT2D eigenvalue weighted by Crippen LogP contribution is 2.11. The number of unbranched alkanes of at least 4 members (excludes halogenated alkanes) is 12. The zero-order valence-corrected chi connectivity index (χ0v) is 21.7. The van der Waals surface area contributed by atoms with Gasteiger partial charge in [0, 0.05) is 0 Å². The molecule has 0 unspecified atom stereocenters. The molecule has 0 spiro atoms. The standard InChI is InChI=1S/C27H60N4/c1-3-5-7-9-11-13-15-22-30(23-16-14-12-10-8-6-4-2)26-19-27-31(24-17-20-28)25-18-21-29/h3-29H2,1-2H3. The lowest BCUT2D eigenvalue weighted by Crippen LogP contribution is -2.33. The molecule has 0 rings (SSSR count). The topological polar surface area (TPSA) is 58.5 Å². The Bertz CT molecular complexity index is 298. The summed E-state index contributed by atoms with van der Waals surface area (Å²) in [6.45, 7) is 13.5. The summed E-state index contributed by atoms with van der Waals surface area (Å²) in [5.41, 5.74) is 11.5. The van der Waals surface area contributed by atoms with Crippen LogP contribution in [-0.2, 0) is 0 Å². The Morgan fingerprint density at radius 3 is 1.00 bits per heavy atom. The molecule has 0 radical (unpaired) electrons. The number of nitrogens with two attached hydrogens (primary N) is 2. The van der Waals surface area contributed by atoms with Crippen LogP contribution in [0.25, 0.3) is 0 Å². The summed E-state index contributed by atoms with van der Waals surface area (Å²) >= 11 is 0. The lowest BCUT2D eigenvalue weighted by Gasteiger charge is -2.26. The van der Waals surface area contributed by atoms with E-state index < -0.39 is 0 Å². The summed E-state index contributed by atoms with van der Waals surface area (Å²) < 4.78 is 0. The second-order valence-electron chi connectivity index (χ2n) is 9.56. The van der Waals surface area contributed by atoms with Crippen LogP contribution in [0.15, 0.2) is 0 Å². The molecule has 4 N–H and O–H groups in total. The van der Waals surface area contributed by atoms with Gasteiger partial charge in [0.05, 0.1) is 0 Å². The summed E-state index contributed by atoms with van der Waals surface area (Å²) in [5, 5.41) is 0. The summed E-state index contributed by atoms with van der Waals surface area (Å²) in [5.74, 6) is 0. The van der Waals surface area contributed by atoms with Gasteiger partial charge in [-0.25, -0.2) is 0 Å². The van der Waals surface area contributed by atoms with Gasteiger partial charge in [-0.3, -0.25) is 0 Å². The van der Waals surface area contributed by atoms with Gasteiger partial charge in [0.15, 0.2) is 0 Å². The second-order valence-corrected chi connectivity index (χ2v) is 9.56. The Balaban J connectivity index is 4.17. The van der Waals surface area contributed by atoms with E-state index >= 15 is 0 Å². The van der Waals surface area contributed by atoms with Crippen molar-refractivity contribution in [1.29, 1.82) is 0 Å². The first-order valence-electron chi connectivity index (χ1n) is 14.1. The molecule has 0 atom stereocenters. The van der Waals surface area contributed by atoms with Crippen molar-refractivity contribution >= 4 is 0 Å². The SMILES string of the molecule is CCCCCCCCCN(CCCCCCCCC)CCCN(CCCN)CCCN. The molecule has 0 amide bonds. The Hall–Kier alpha value is -0.160. The van der Waals surface area contributed by atoms with Gasteiger partial charge in [-0.15, -0.1) is 0 Å². The van der Waals surface area contributed by atoms with Crippen molar-refractivity contribution < 1.29 is 0 Å². The molecule has 4 heteroatoms. The Morgan fingerprint density at radius 2 is 0.645 bits per heavy atom. The van der Waals surface area contributed by atoms with Crippen LogP contribution in [0.5, 0.6) is 0 Å². The summed E-state index contributed by atoms with van der Waals surface area (Å²) in [7, 11) is 0. The van der Waals surface area contributed by atoms with Crippen LogP contribution in [-0.4, -0.2) is 62.2 Å². The van der Waals surface area contributed by atoms with Crippen LogP contribution in [0.4, 0.5) is 0 Å². The molecule has 0 saturated carbocycles. The minimum atomic E-state index is 0.793. The maximum absolute atomic E-state index is 5.74. The summed E-state index contributed by atoms with van der Waals surface area (Å²) in [6.07, 6.45) is 23.2. The molecule has 0 aliphatic heterocycles. The van der Waals surface area contributed by atoms with Gasteiger partial charge in [0.1, 0.15) is 0 Å². The zero-order valence-electron chi connectivity index (χ0n) is 21.7. The van der Waals surface area contributed by atoms with Crippen molar-refractivity contribution in [3.8, 4) is 0 Å². The van der Waals surface area contributed by atoms with E-state index in [-0.39, 0.29) is 0 Å². The van der Waals surface area contributed by atoms with Gasteiger partial charge in [-0.1, -0.05) is 90.9 Å². The van der Waals surface area contributed by atoms with Crippen molar-refractivity contribution in [2.24, 2.45) is 11.5 Å². The molecule has 0 aliphatic rings. The minimum Gasteiger partial charge on any atom is -0.330 e. The normalized spacial score (nSPS) is 11.8. The largest absolute Gasteiger partial charge is 0.330 e. The lowest BCUT2D eigenvalue weighted by atomic mass is 10.1. The third-order valence-electron chi connectivity index (χ3n) is 6.46. The predicted octanol–water partition coefficient (Wildman–Crippen LogP) is 6.18. The Morgan fingerprint density at radius 1 is 0.355 bits per heavy atom. The summed E-state index contributed by atoms with van der Waals surface area (Å²) in [6, 6.07) is 0. The van der Waals surface area contributed by atoms with Crippen LogP contribution in [0.3, 0.4) is 0 Å². The van der Waals surface area contributed by atoms with Crippen LogP contribution >= 0.6 is 0 Å². The first-order valence-corrected chi connectivity index (χ1v) is 14.1. The number of hydrogen-bond donors (Lipinski definition) is 2. The molecule has 0 aromatic heterocycles. The summed E-state index contributed by atoms with van der Waals surface area (Å²) in [4.78, 5) is 5.35. The smallest absolute Gasteiger partial charge is 0.000653 e. The van der Waals surface area contributed by atoms with Crippen LogP contribution < -0.4 is 11.5 Å². The predicted molar refractivity (Wildman–Crippen MR) is 141 cm³/mol. The van der Waals surface area contributed by atoms with Gasteiger partial charge in [-0.2, -0.15) is 0 Å². The molecular formula is C27H60N4. The zero-order chi connectivity index (χ0) is 22.8. The molecule has 0 saturated heterocycles. The maximum atomic E-state index is 5.74.